The summed E-state index contributed by atoms with van der Waals surface area (Å²) in [5, 5.41) is 5.35. The van der Waals surface area contributed by atoms with Crippen molar-refractivity contribution >= 4 is 33.1 Å². The Morgan fingerprint density at radius 2 is 2.32 bits per heavy atom. The van der Waals surface area contributed by atoms with Crippen molar-refractivity contribution in [1.82, 2.24) is 9.62 Å². The first-order valence-electron chi connectivity index (χ1n) is 6.44. The first-order chi connectivity index (χ1) is 9.04. The third-order valence-corrected chi connectivity index (χ3v) is 7.09. The highest BCUT2D eigenvalue weighted by molar-refractivity contribution is 8.00. The summed E-state index contributed by atoms with van der Waals surface area (Å²) in [4.78, 5) is 1.52. The van der Waals surface area contributed by atoms with Gasteiger partial charge >= 0.3 is 0 Å². The van der Waals surface area contributed by atoms with Gasteiger partial charge < -0.3 is 5.32 Å². The van der Waals surface area contributed by atoms with E-state index in [4.69, 9.17) is 0 Å². The van der Waals surface area contributed by atoms with Gasteiger partial charge in [0.15, 0.2) is 0 Å². The topological polar surface area (TPSA) is 49.4 Å². The van der Waals surface area contributed by atoms with Crippen LogP contribution in [0.25, 0.3) is 0 Å². The molecule has 7 heteroatoms. The number of thioether (sulfide) groups is 1. The van der Waals surface area contributed by atoms with Crippen LogP contribution in [0.4, 0.5) is 0 Å². The van der Waals surface area contributed by atoms with E-state index in [9.17, 15) is 8.42 Å². The fourth-order valence-corrected chi connectivity index (χ4v) is 5.98. The van der Waals surface area contributed by atoms with Crippen molar-refractivity contribution in [3.63, 3.8) is 0 Å². The van der Waals surface area contributed by atoms with Crippen LogP contribution in [-0.2, 0) is 16.6 Å². The molecular formula is C12H20N2O2S3. The third-order valence-electron chi connectivity index (χ3n) is 3.02. The molecule has 1 aliphatic rings. The van der Waals surface area contributed by atoms with Crippen LogP contribution < -0.4 is 5.32 Å². The van der Waals surface area contributed by atoms with Crippen molar-refractivity contribution in [3.8, 4) is 0 Å². The van der Waals surface area contributed by atoms with Gasteiger partial charge in [0.1, 0.15) is 0 Å². The van der Waals surface area contributed by atoms with Crippen LogP contribution in [0, 0.1) is 0 Å². The van der Waals surface area contributed by atoms with Gasteiger partial charge in [-0.05, 0) is 12.6 Å². The highest BCUT2D eigenvalue weighted by atomic mass is 32.2. The van der Waals surface area contributed by atoms with Crippen molar-refractivity contribution in [3.05, 3.63) is 16.3 Å². The molecule has 19 heavy (non-hydrogen) atoms. The van der Waals surface area contributed by atoms with Crippen LogP contribution >= 0.6 is 23.1 Å². The van der Waals surface area contributed by atoms with E-state index < -0.39 is 10.0 Å². The zero-order valence-electron chi connectivity index (χ0n) is 11.3. The van der Waals surface area contributed by atoms with Crippen molar-refractivity contribution < 1.29 is 8.42 Å². The average Bonchev–Trinajstić information content (AvgIpc) is 2.86. The summed E-state index contributed by atoms with van der Waals surface area (Å²) in [5.74, 6) is 0.884. The first-order valence-corrected chi connectivity index (χ1v) is 9.80. The van der Waals surface area contributed by atoms with Gasteiger partial charge in [-0.25, -0.2) is 8.42 Å². The molecule has 2 heterocycles. The molecular weight excluding hydrogens is 300 g/mol. The number of hydrogen-bond acceptors (Lipinski definition) is 5. The number of rotatable bonds is 5. The van der Waals surface area contributed by atoms with Crippen LogP contribution in [-0.4, -0.2) is 43.4 Å². The van der Waals surface area contributed by atoms with E-state index in [0.29, 0.717) is 23.2 Å². The molecule has 1 aromatic heterocycles. The Balaban J connectivity index is 2.12. The van der Waals surface area contributed by atoms with E-state index in [-0.39, 0.29) is 0 Å². The molecule has 4 nitrogen and oxygen atoms in total. The first kappa shape index (κ1) is 15.3. The zero-order valence-corrected chi connectivity index (χ0v) is 13.7. The number of sulfonamides is 1. The molecule has 1 N–H and O–H groups in total. The molecule has 0 saturated carbocycles. The Kier molecular flexibility index (Phi) is 5.30. The standard InChI is InChI=1S/C12H20N2O2S3/c1-3-13-7-11-6-12(9-18-11)19(15,16)14-4-5-17-10(2)8-14/h6,9-10,13H,3-5,7-8H2,1-2H3. The zero-order chi connectivity index (χ0) is 13.9. The quantitative estimate of drug-likeness (QED) is 0.901. The van der Waals surface area contributed by atoms with Crippen molar-refractivity contribution in [2.75, 3.05) is 25.4 Å². The largest absolute Gasteiger partial charge is 0.312 e. The second kappa shape index (κ2) is 6.58. The van der Waals surface area contributed by atoms with E-state index in [1.54, 1.807) is 15.8 Å². The van der Waals surface area contributed by atoms with E-state index >= 15 is 0 Å². The predicted molar refractivity (Wildman–Crippen MR) is 82.4 cm³/mol. The normalized spacial score (nSPS) is 21.7. The molecule has 1 aromatic rings. The third kappa shape index (κ3) is 3.72. The van der Waals surface area contributed by atoms with Gasteiger partial charge in [-0.3, -0.25) is 0 Å². The lowest BCUT2D eigenvalue weighted by Gasteiger charge is -2.29. The number of nitrogens with zero attached hydrogens (tertiary/aromatic N) is 1. The van der Waals surface area contributed by atoms with Crippen LogP contribution in [0.2, 0.25) is 0 Å². The van der Waals surface area contributed by atoms with Gasteiger partial charge in [-0.1, -0.05) is 13.8 Å². The van der Waals surface area contributed by atoms with E-state index in [1.807, 2.05) is 18.7 Å². The monoisotopic (exact) mass is 320 g/mol. The molecule has 0 amide bonds. The summed E-state index contributed by atoms with van der Waals surface area (Å²) in [5.41, 5.74) is 0. The fraction of sp³-hybridized carbons (Fsp3) is 0.667. The second-order valence-corrected chi connectivity index (χ2v) is 9.05. The summed E-state index contributed by atoms with van der Waals surface area (Å²) < 4.78 is 26.7. The Bertz CT molecular complexity index is 513. The molecule has 0 radical (unpaired) electrons. The van der Waals surface area contributed by atoms with Gasteiger partial charge in [-0.2, -0.15) is 16.1 Å². The molecule has 0 aliphatic carbocycles. The minimum atomic E-state index is -3.30. The predicted octanol–water partition coefficient (Wildman–Crippen LogP) is 1.98. The Morgan fingerprint density at radius 3 is 3.00 bits per heavy atom. The summed E-state index contributed by atoms with van der Waals surface area (Å²) in [6.45, 7) is 6.99. The van der Waals surface area contributed by atoms with Crippen LogP contribution in [0.5, 0.6) is 0 Å². The maximum absolute atomic E-state index is 12.5. The molecule has 1 fully saturated rings. The number of thiophene rings is 1. The lowest BCUT2D eigenvalue weighted by atomic mass is 10.4. The maximum Gasteiger partial charge on any atom is 0.243 e. The summed E-state index contributed by atoms with van der Waals surface area (Å²) in [6, 6.07) is 1.80. The molecule has 1 aliphatic heterocycles. The Morgan fingerprint density at radius 1 is 1.53 bits per heavy atom. The average molecular weight is 321 g/mol. The van der Waals surface area contributed by atoms with Gasteiger partial charge in [0.25, 0.3) is 0 Å². The summed E-state index contributed by atoms with van der Waals surface area (Å²) >= 11 is 3.34. The molecule has 1 unspecified atom stereocenters. The van der Waals surface area contributed by atoms with Gasteiger partial charge in [0.2, 0.25) is 10.0 Å². The van der Waals surface area contributed by atoms with E-state index in [0.717, 1.165) is 23.7 Å². The van der Waals surface area contributed by atoms with Crippen molar-refractivity contribution in [1.29, 1.82) is 0 Å². The molecule has 0 bridgehead atoms. The van der Waals surface area contributed by atoms with E-state index in [2.05, 4.69) is 12.2 Å². The number of nitrogens with one attached hydrogen (secondary N) is 1. The van der Waals surface area contributed by atoms with Crippen molar-refractivity contribution in [2.24, 2.45) is 0 Å². The molecule has 0 aromatic carbocycles. The molecule has 2 rings (SSSR count). The summed E-state index contributed by atoms with van der Waals surface area (Å²) in [7, 11) is -3.30. The smallest absolute Gasteiger partial charge is 0.243 e. The Hall–Kier alpha value is -0.0800. The molecule has 1 saturated heterocycles. The fourth-order valence-electron chi connectivity index (χ4n) is 1.99. The maximum atomic E-state index is 12.5. The van der Waals surface area contributed by atoms with Crippen LogP contribution in [0.15, 0.2) is 16.3 Å². The second-order valence-electron chi connectivity index (χ2n) is 4.57. The SMILES string of the molecule is CCNCc1cc(S(=O)(=O)N2CCSC(C)C2)cs1. The van der Waals surface area contributed by atoms with Gasteiger partial charge in [0.05, 0.1) is 4.90 Å². The molecule has 1 atom stereocenters. The minimum absolute atomic E-state index is 0.378. The van der Waals surface area contributed by atoms with Gasteiger partial charge in [-0.15, -0.1) is 11.3 Å². The number of hydrogen-bond donors (Lipinski definition) is 1. The van der Waals surface area contributed by atoms with E-state index in [1.165, 1.54) is 11.3 Å². The van der Waals surface area contributed by atoms with Crippen LogP contribution in [0.3, 0.4) is 0 Å². The highest BCUT2D eigenvalue weighted by Crippen LogP contribution is 2.27. The lowest BCUT2D eigenvalue weighted by molar-refractivity contribution is 0.424. The highest BCUT2D eigenvalue weighted by Gasteiger charge is 2.29. The summed E-state index contributed by atoms with van der Waals surface area (Å²) in [6.07, 6.45) is 0. The van der Waals surface area contributed by atoms with Crippen molar-refractivity contribution in [2.45, 2.75) is 30.5 Å². The molecule has 0 spiro atoms. The van der Waals surface area contributed by atoms with Gasteiger partial charge in [0, 0.05) is 40.9 Å². The Labute approximate surface area is 123 Å². The minimum Gasteiger partial charge on any atom is -0.312 e. The molecule has 108 valence electrons. The lowest BCUT2D eigenvalue weighted by Crippen LogP contribution is -2.40. The van der Waals surface area contributed by atoms with Crippen LogP contribution in [0.1, 0.15) is 18.7 Å².